The Hall–Kier alpha value is -4.79. The average molecular weight is 452 g/mol. The van der Waals surface area contributed by atoms with Crippen LogP contribution in [0.4, 0.5) is 5.69 Å². The predicted octanol–water partition coefficient (Wildman–Crippen LogP) is 3.88. The molecule has 0 aliphatic heterocycles. The molecular formula is C25H20N6O3. The molecular weight excluding hydrogens is 432 g/mol. The highest BCUT2D eigenvalue weighted by Crippen LogP contribution is 2.23. The number of anilines is 1. The molecule has 2 aromatic carbocycles. The average Bonchev–Trinajstić information content (AvgIpc) is 3.32. The van der Waals surface area contributed by atoms with Gasteiger partial charge in [-0.25, -0.2) is 0 Å². The first-order valence-electron chi connectivity index (χ1n) is 10.5. The molecule has 9 nitrogen and oxygen atoms in total. The molecule has 3 heterocycles. The second-order valence-electron chi connectivity index (χ2n) is 7.32. The van der Waals surface area contributed by atoms with Gasteiger partial charge >= 0.3 is 0 Å². The lowest BCUT2D eigenvalue weighted by molar-refractivity contribution is -0.118. The third-order valence-electron chi connectivity index (χ3n) is 5.01. The second-order valence-corrected chi connectivity index (χ2v) is 7.32. The summed E-state index contributed by atoms with van der Waals surface area (Å²) in [5.41, 5.74) is 3.45. The molecule has 34 heavy (non-hydrogen) atoms. The van der Waals surface area contributed by atoms with E-state index in [0.29, 0.717) is 40.0 Å². The van der Waals surface area contributed by atoms with Gasteiger partial charge in [-0.1, -0.05) is 24.3 Å². The van der Waals surface area contributed by atoms with Crippen LogP contribution in [0.15, 0.2) is 85.1 Å². The first-order chi connectivity index (χ1) is 16.7. The summed E-state index contributed by atoms with van der Waals surface area (Å²) in [6.45, 7) is -0.129. The molecule has 0 radical (unpaired) electrons. The molecule has 0 saturated heterocycles. The first kappa shape index (κ1) is 21.1. The van der Waals surface area contributed by atoms with Crippen molar-refractivity contribution in [1.29, 1.82) is 0 Å². The van der Waals surface area contributed by atoms with Gasteiger partial charge in [0, 0.05) is 23.5 Å². The quantitative estimate of drug-likeness (QED) is 0.400. The number of hydrogen-bond acceptors (Lipinski definition) is 7. The number of benzene rings is 2. The minimum atomic E-state index is -0.278. The van der Waals surface area contributed by atoms with Crippen LogP contribution in [-0.4, -0.2) is 44.4 Å². The van der Waals surface area contributed by atoms with E-state index in [2.05, 4.69) is 20.5 Å². The number of fused-ring (bicyclic) bond motifs is 1. The number of carbonyl (C=O) groups is 1. The van der Waals surface area contributed by atoms with Gasteiger partial charge in [0.25, 0.3) is 5.91 Å². The minimum absolute atomic E-state index is 0.129. The molecule has 0 atom stereocenters. The van der Waals surface area contributed by atoms with E-state index in [4.69, 9.17) is 14.6 Å². The summed E-state index contributed by atoms with van der Waals surface area (Å²) >= 11 is 0. The van der Waals surface area contributed by atoms with Gasteiger partial charge in [0.2, 0.25) is 5.82 Å². The van der Waals surface area contributed by atoms with E-state index < -0.39 is 0 Å². The molecule has 0 saturated carbocycles. The zero-order valence-electron chi connectivity index (χ0n) is 18.3. The van der Waals surface area contributed by atoms with E-state index in [0.717, 1.165) is 5.56 Å². The number of carbonyl (C=O) groups excluding carboxylic acids is 1. The Morgan fingerprint density at radius 2 is 1.79 bits per heavy atom. The monoisotopic (exact) mass is 452 g/mol. The summed E-state index contributed by atoms with van der Waals surface area (Å²) in [5, 5.41) is 16.0. The standard InChI is InChI=1S/C25H20N6O3/c1-33-19-8-5-9-20(15-19)34-16-24(32)27-18-7-4-6-17(14-18)21-11-12-23-28-29-25(31(23)30-21)22-10-2-3-13-26-22/h2-15H,16H2,1H3,(H,27,32). The van der Waals surface area contributed by atoms with Crippen molar-refractivity contribution in [2.75, 3.05) is 19.0 Å². The van der Waals surface area contributed by atoms with Gasteiger partial charge in [-0.05, 0) is 48.5 Å². The van der Waals surface area contributed by atoms with Crippen LogP contribution in [0.3, 0.4) is 0 Å². The Kier molecular flexibility index (Phi) is 5.81. The van der Waals surface area contributed by atoms with Crippen molar-refractivity contribution in [2.45, 2.75) is 0 Å². The molecule has 5 rings (SSSR count). The maximum absolute atomic E-state index is 12.4. The molecule has 0 aliphatic rings. The minimum Gasteiger partial charge on any atom is -0.497 e. The maximum atomic E-state index is 12.4. The summed E-state index contributed by atoms with van der Waals surface area (Å²) in [7, 11) is 1.58. The number of ether oxygens (including phenoxy) is 2. The summed E-state index contributed by atoms with van der Waals surface area (Å²) in [5.74, 6) is 1.49. The smallest absolute Gasteiger partial charge is 0.262 e. The summed E-state index contributed by atoms with van der Waals surface area (Å²) in [6.07, 6.45) is 1.70. The van der Waals surface area contributed by atoms with E-state index in [1.165, 1.54) is 0 Å². The number of hydrogen-bond donors (Lipinski definition) is 1. The Balaban J connectivity index is 1.33. The zero-order chi connectivity index (χ0) is 23.3. The van der Waals surface area contributed by atoms with Crippen LogP contribution in [0.1, 0.15) is 0 Å². The Morgan fingerprint density at radius 1 is 0.912 bits per heavy atom. The third-order valence-corrected chi connectivity index (χ3v) is 5.01. The normalized spacial score (nSPS) is 10.7. The number of rotatable bonds is 7. The van der Waals surface area contributed by atoms with Crippen LogP contribution in [-0.2, 0) is 4.79 Å². The van der Waals surface area contributed by atoms with Gasteiger partial charge in [-0.15, -0.1) is 10.2 Å². The Bertz CT molecular complexity index is 1450. The highest BCUT2D eigenvalue weighted by Gasteiger charge is 2.12. The number of aromatic nitrogens is 5. The second kappa shape index (κ2) is 9.37. The van der Waals surface area contributed by atoms with Crippen molar-refractivity contribution in [3.05, 3.63) is 85.1 Å². The number of nitrogens with one attached hydrogen (secondary N) is 1. The highest BCUT2D eigenvalue weighted by atomic mass is 16.5. The van der Waals surface area contributed by atoms with Crippen molar-refractivity contribution in [2.24, 2.45) is 0 Å². The molecule has 9 heteroatoms. The number of methoxy groups -OCH3 is 1. The van der Waals surface area contributed by atoms with Crippen LogP contribution >= 0.6 is 0 Å². The van der Waals surface area contributed by atoms with Crippen LogP contribution < -0.4 is 14.8 Å². The molecule has 3 aromatic heterocycles. The van der Waals surface area contributed by atoms with E-state index in [1.54, 1.807) is 36.0 Å². The maximum Gasteiger partial charge on any atom is 0.262 e. The Labute approximate surface area is 195 Å². The van der Waals surface area contributed by atoms with Crippen molar-refractivity contribution in [3.8, 4) is 34.3 Å². The van der Waals surface area contributed by atoms with Gasteiger partial charge < -0.3 is 14.8 Å². The number of pyridine rings is 1. The van der Waals surface area contributed by atoms with Crippen molar-refractivity contribution in [3.63, 3.8) is 0 Å². The predicted molar refractivity (Wildman–Crippen MR) is 127 cm³/mol. The lowest BCUT2D eigenvalue weighted by Gasteiger charge is -2.10. The molecule has 168 valence electrons. The van der Waals surface area contributed by atoms with E-state index in [1.807, 2.05) is 60.7 Å². The SMILES string of the molecule is COc1cccc(OCC(=O)Nc2cccc(-c3ccc4nnc(-c5ccccn5)n4n3)c2)c1. The Morgan fingerprint density at radius 3 is 2.65 bits per heavy atom. The van der Waals surface area contributed by atoms with Crippen molar-refractivity contribution < 1.29 is 14.3 Å². The molecule has 0 fully saturated rings. The van der Waals surface area contributed by atoms with Crippen molar-refractivity contribution >= 4 is 17.2 Å². The fourth-order valence-electron chi connectivity index (χ4n) is 3.39. The van der Waals surface area contributed by atoms with Crippen LogP contribution in [0.5, 0.6) is 11.5 Å². The largest absolute Gasteiger partial charge is 0.497 e. The summed E-state index contributed by atoms with van der Waals surface area (Å²) < 4.78 is 12.4. The third kappa shape index (κ3) is 4.53. The topological polar surface area (TPSA) is 104 Å². The van der Waals surface area contributed by atoms with Crippen LogP contribution in [0.25, 0.3) is 28.4 Å². The van der Waals surface area contributed by atoms with Gasteiger partial charge in [-0.3, -0.25) is 9.78 Å². The van der Waals surface area contributed by atoms with Crippen LogP contribution in [0, 0.1) is 0 Å². The highest BCUT2D eigenvalue weighted by molar-refractivity contribution is 5.92. The molecule has 0 unspecified atom stereocenters. The number of nitrogens with zero attached hydrogens (tertiary/aromatic N) is 5. The van der Waals surface area contributed by atoms with Crippen molar-refractivity contribution in [1.82, 2.24) is 24.8 Å². The van der Waals surface area contributed by atoms with E-state index >= 15 is 0 Å². The molecule has 0 aliphatic carbocycles. The van der Waals surface area contributed by atoms with E-state index in [-0.39, 0.29) is 12.5 Å². The first-order valence-corrected chi connectivity index (χ1v) is 10.5. The fourth-order valence-corrected chi connectivity index (χ4v) is 3.39. The molecule has 5 aromatic rings. The van der Waals surface area contributed by atoms with Crippen LogP contribution in [0.2, 0.25) is 0 Å². The van der Waals surface area contributed by atoms with Gasteiger partial charge in [-0.2, -0.15) is 9.61 Å². The lowest BCUT2D eigenvalue weighted by atomic mass is 10.1. The molecule has 0 bridgehead atoms. The fraction of sp³-hybridized carbons (Fsp3) is 0.0800. The lowest BCUT2D eigenvalue weighted by Crippen LogP contribution is -2.20. The summed E-state index contributed by atoms with van der Waals surface area (Å²) in [4.78, 5) is 16.8. The van der Waals surface area contributed by atoms with Gasteiger partial charge in [0.15, 0.2) is 12.3 Å². The summed E-state index contributed by atoms with van der Waals surface area (Å²) in [6, 6.07) is 23.8. The van der Waals surface area contributed by atoms with E-state index in [9.17, 15) is 4.79 Å². The van der Waals surface area contributed by atoms with Gasteiger partial charge in [0.05, 0.1) is 12.8 Å². The zero-order valence-corrected chi connectivity index (χ0v) is 18.3. The van der Waals surface area contributed by atoms with Gasteiger partial charge in [0.1, 0.15) is 17.2 Å². The number of amides is 1. The molecule has 1 amide bonds. The molecule has 1 N–H and O–H groups in total. The molecule has 0 spiro atoms.